The van der Waals surface area contributed by atoms with Crippen LogP contribution in [0.1, 0.15) is 82.4 Å². The standard InChI is InChI=1S/C27H31F2N7O2S/c1-35-22(9-18(34-35)24(28)29)32-26-33-31-13-36(26)15-4-5-20-16(8-15)23(25(38)30-12-14-2-3-14)21(39-20)10-19(37)17-11-27(17)6-7-27/h9,13-15,17,24H,2-8,10-12H2,1H3,(H,30,38)(H,32,33)/t15-,17?/m0/s1. The van der Waals surface area contributed by atoms with Crippen molar-refractivity contribution >= 4 is 34.8 Å². The van der Waals surface area contributed by atoms with Crippen molar-refractivity contribution < 1.29 is 18.4 Å². The number of nitrogens with one attached hydrogen (secondary N) is 2. The number of hydrogen-bond donors (Lipinski definition) is 2. The molecule has 3 aromatic rings. The van der Waals surface area contributed by atoms with Crippen LogP contribution in [0.15, 0.2) is 12.4 Å². The highest BCUT2D eigenvalue weighted by atomic mass is 32.1. The van der Waals surface area contributed by atoms with Crippen molar-refractivity contribution in [1.82, 2.24) is 29.9 Å². The van der Waals surface area contributed by atoms with Gasteiger partial charge in [0, 0.05) is 47.8 Å². The first-order valence-electron chi connectivity index (χ1n) is 13.7. The maximum Gasteiger partial charge on any atom is 0.282 e. The van der Waals surface area contributed by atoms with Crippen LogP contribution < -0.4 is 10.6 Å². The molecule has 2 atom stereocenters. The highest BCUT2D eigenvalue weighted by Gasteiger charge is 2.65. The van der Waals surface area contributed by atoms with Gasteiger partial charge in [-0.05, 0) is 68.3 Å². The highest BCUT2D eigenvalue weighted by molar-refractivity contribution is 7.12. The lowest BCUT2D eigenvalue weighted by molar-refractivity contribution is -0.119. The van der Waals surface area contributed by atoms with Crippen molar-refractivity contribution in [3.8, 4) is 0 Å². The number of carbonyl (C=O) groups is 2. The smallest absolute Gasteiger partial charge is 0.282 e. The van der Waals surface area contributed by atoms with E-state index in [-0.39, 0.29) is 29.3 Å². The van der Waals surface area contributed by atoms with Crippen LogP contribution in [-0.4, -0.2) is 42.8 Å². The molecule has 3 fully saturated rings. The SMILES string of the molecule is Cn1nc(C(F)F)cc1Nc1nncn1[C@H]1CCc2sc(CC(=O)C3CC34CC4)c(C(=O)NCC3CC3)c2C1. The second-order valence-electron chi connectivity index (χ2n) is 11.7. The van der Waals surface area contributed by atoms with Gasteiger partial charge in [0.2, 0.25) is 5.95 Å². The number of ketones is 1. The molecule has 4 aliphatic carbocycles. The predicted octanol–water partition coefficient (Wildman–Crippen LogP) is 4.54. The van der Waals surface area contributed by atoms with Crippen LogP contribution in [-0.2, 0) is 31.1 Å². The normalized spacial score (nSPS) is 22.7. The predicted molar refractivity (Wildman–Crippen MR) is 140 cm³/mol. The Morgan fingerprint density at radius 2 is 2.08 bits per heavy atom. The fourth-order valence-corrected chi connectivity index (χ4v) is 7.48. The molecule has 3 heterocycles. The molecule has 0 aliphatic heterocycles. The van der Waals surface area contributed by atoms with Gasteiger partial charge in [-0.15, -0.1) is 21.5 Å². The van der Waals surface area contributed by atoms with Crippen LogP contribution in [0.4, 0.5) is 20.5 Å². The van der Waals surface area contributed by atoms with Gasteiger partial charge in [0.15, 0.2) is 0 Å². The second-order valence-corrected chi connectivity index (χ2v) is 12.9. The van der Waals surface area contributed by atoms with Gasteiger partial charge in [-0.1, -0.05) is 0 Å². The molecule has 7 rings (SSSR count). The Morgan fingerprint density at radius 3 is 2.77 bits per heavy atom. The van der Waals surface area contributed by atoms with E-state index < -0.39 is 6.43 Å². The third kappa shape index (κ3) is 4.66. The molecular formula is C27H31F2N7O2S. The van der Waals surface area contributed by atoms with E-state index >= 15 is 0 Å². The number of aromatic nitrogens is 5. The number of hydrogen-bond acceptors (Lipinski definition) is 7. The number of halogens is 2. The molecule has 3 saturated carbocycles. The molecule has 4 aliphatic rings. The molecule has 0 saturated heterocycles. The van der Waals surface area contributed by atoms with Crippen molar-refractivity contribution in [2.24, 2.45) is 24.3 Å². The van der Waals surface area contributed by atoms with Crippen molar-refractivity contribution in [1.29, 1.82) is 0 Å². The number of nitrogens with zero attached hydrogens (tertiary/aromatic N) is 5. The molecule has 1 unspecified atom stereocenters. The van der Waals surface area contributed by atoms with Gasteiger partial charge >= 0.3 is 0 Å². The molecule has 0 bridgehead atoms. The number of alkyl halides is 2. The van der Waals surface area contributed by atoms with Gasteiger partial charge in [-0.2, -0.15) is 5.10 Å². The van der Waals surface area contributed by atoms with Crippen molar-refractivity contribution in [2.45, 2.75) is 70.3 Å². The molecule has 9 nitrogen and oxygen atoms in total. The Morgan fingerprint density at radius 1 is 1.26 bits per heavy atom. The average Bonchev–Trinajstić information content (AvgIpc) is 3.87. The van der Waals surface area contributed by atoms with Crippen molar-refractivity contribution in [2.75, 3.05) is 11.9 Å². The highest BCUT2D eigenvalue weighted by Crippen LogP contribution is 2.71. The van der Waals surface area contributed by atoms with Crippen LogP contribution >= 0.6 is 11.3 Å². The van der Waals surface area contributed by atoms with E-state index in [0.717, 1.165) is 42.5 Å². The summed E-state index contributed by atoms with van der Waals surface area (Å²) < 4.78 is 29.5. The monoisotopic (exact) mass is 555 g/mol. The van der Waals surface area contributed by atoms with Gasteiger partial charge in [0.25, 0.3) is 12.3 Å². The summed E-state index contributed by atoms with van der Waals surface area (Å²) in [6.45, 7) is 0.677. The maximum atomic E-state index is 13.5. The maximum absolute atomic E-state index is 13.5. The summed E-state index contributed by atoms with van der Waals surface area (Å²) in [5, 5.41) is 18.4. The lowest BCUT2D eigenvalue weighted by Gasteiger charge is -2.25. The van der Waals surface area contributed by atoms with E-state index in [1.165, 1.54) is 28.5 Å². The lowest BCUT2D eigenvalue weighted by atomic mass is 9.89. The van der Waals surface area contributed by atoms with Crippen LogP contribution in [0.2, 0.25) is 0 Å². The topological polar surface area (TPSA) is 107 Å². The van der Waals surface area contributed by atoms with E-state index in [1.54, 1.807) is 24.7 Å². The molecule has 1 amide bonds. The van der Waals surface area contributed by atoms with Gasteiger partial charge in [0.1, 0.15) is 23.6 Å². The molecule has 206 valence electrons. The fraction of sp³-hybridized carbons (Fsp3) is 0.593. The van der Waals surface area contributed by atoms with E-state index in [4.69, 9.17) is 0 Å². The summed E-state index contributed by atoms with van der Waals surface area (Å²) in [5.74, 6) is 1.77. The lowest BCUT2D eigenvalue weighted by Crippen LogP contribution is -2.28. The molecule has 12 heteroatoms. The number of amides is 1. The number of anilines is 2. The molecule has 0 radical (unpaired) electrons. The number of fused-ring (bicyclic) bond motifs is 1. The third-order valence-corrected chi connectivity index (χ3v) is 10.2. The quantitative estimate of drug-likeness (QED) is 0.381. The van der Waals surface area contributed by atoms with Gasteiger partial charge in [-0.3, -0.25) is 18.8 Å². The number of Topliss-reactive ketones (excluding diaryl/α,β-unsaturated/α-hetero) is 1. The van der Waals surface area contributed by atoms with E-state index in [0.29, 0.717) is 48.0 Å². The van der Waals surface area contributed by atoms with Gasteiger partial charge < -0.3 is 10.6 Å². The molecule has 39 heavy (non-hydrogen) atoms. The molecule has 1 spiro atoms. The minimum Gasteiger partial charge on any atom is -0.352 e. The largest absolute Gasteiger partial charge is 0.352 e. The molecule has 3 aromatic heterocycles. The molecular weight excluding hydrogens is 524 g/mol. The first-order valence-corrected chi connectivity index (χ1v) is 14.6. The summed E-state index contributed by atoms with van der Waals surface area (Å²) in [6.07, 6.45) is 7.17. The van der Waals surface area contributed by atoms with E-state index in [2.05, 4.69) is 25.9 Å². The molecule has 2 N–H and O–H groups in total. The second kappa shape index (κ2) is 9.21. The Kier molecular flexibility index (Phi) is 5.87. The zero-order valence-electron chi connectivity index (χ0n) is 21.8. The Bertz CT molecular complexity index is 1450. The third-order valence-electron chi connectivity index (χ3n) is 8.92. The Balaban J connectivity index is 1.14. The summed E-state index contributed by atoms with van der Waals surface area (Å²) >= 11 is 1.63. The van der Waals surface area contributed by atoms with E-state index in [9.17, 15) is 18.4 Å². The van der Waals surface area contributed by atoms with Crippen LogP contribution in [0.3, 0.4) is 0 Å². The zero-order valence-corrected chi connectivity index (χ0v) is 22.6. The fourth-order valence-electron chi connectivity index (χ4n) is 6.12. The number of carbonyl (C=O) groups excluding carboxylic acids is 2. The van der Waals surface area contributed by atoms with Crippen molar-refractivity contribution in [3.63, 3.8) is 0 Å². The summed E-state index contributed by atoms with van der Waals surface area (Å²) in [7, 11) is 1.59. The Hall–Kier alpha value is -3.15. The molecule has 0 aromatic carbocycles. The van der Waals surface area contributed by atoms with Crippen LogP contribution in [0.5, 0.6) is 0 Å². The first-order chi connectivity index (χ1) is 18.8. The minimum atomic E-state index is -2.67. The van der Waals surface area contributed by atoms with Crippen LogP contribution in [0.25, 0.3) is 0 Å². The summed E-state index contributed by atoms with van der Waals surface area (Å²) in [5.41, 5.74) is 1.70. The number of thiophene rings is 1. The zero-order chi connectivity index (χ0) is 26.9. The van der Waals surface area contributed by atoms with Gasteiger partial charge in [-0.25, -0.2) is 8.78 Å². The first kappa shape index (κ1) is 24.9. The number of aryl methyl sites for hydroxylation is 2. The van der Waals surface area contributed by atoms with Crippen LogP contribution in [0, 0.1) is 17.3 Å². The summed E-state index contributed by atoms with van der Waals surface area (Å²) in [6, 6.07) is 1.28. The van der Waals surface area contributed by atoms with Crippen molar-refractivity contribution in [3.05, 3.63) is 39.0 Å². The minimum absolute atomic E-state index is 0.0240. The summed E-state index contributed by atoms with van der Waals surface area (Å²) in [4.78, 5) is 28.7. The average molecular weight is 556 g/mol. The van der Waals surface area contributed by atoms with E-state index in [1.807, 2.05) is 4.57 Å². The Labute approximate surface area is 228 Å². The van der Waals surface area contributed by atoms with Gasteiger partial charge in [0.05, 0.1) is 5.56 Å². The number of rotatable bonds is 10.